The highest BCUT2D eigenvalue weighted by molar-refractivity contribution is 7.09. The van der Waals surface area contributed by atoms with Gasteiger partial charge in [-0.05, 0) is 12.8 Å². The van der Waals surface area contributed by atoms with E-state index in [2.05, 4.69) is 34.4 Å². The van der Waals surface area contributed by atoms with Gasteiger partial charge in [-0.1, -0.05) is 13.8 Å². The van der Waals surface area contributed by atoms with Crippen molar-refractivity contribution in [2.45, 2.75) is 38.8 Å². The summed E-state index contributed by atoms with van der Waals surface area (Å²) in [7, 11) is 0. The summed E-state index contributed by atoms with van der Waals surface area (Å²) < 4.78 is 0. The van der Waals surface area contributed by atoms with Crippen LogP contribution in [0.4, 0.5) is 0 Å². The molecule has 2 rings (SSSR count). The third-order valence-electron chi connectivity index (χ3n) is 3.39. The van der Waals surface area contributed by atoms with Crippen molar-refractivity contribution in [1.82, 2.24) is 15.2 Å². The van der Waals surface area contributed by atoms with Crippen molar-refractivity contribution in [3.05, 3.63) is 16.6 Å². The molecule has 16 heavy (non-hydrogen) atoms. The van der Waals surface area contributed by atoms with E-state index >= 15 is 0 Å². The molecular formula is C12H21N3S. The lowest BCUT2D eigenvalue weighted by Gasteiger charge is -2.40. The Labute approximate surface area is 102 Å². The number of rotatable bonds is 4. The molecule has 4 heteroatoms. The van der Waals surface area contributed by atoms with Crippen LogP contribution in [0, 0.1) is 0 Å². The highest BCUT2D eigenvalue weighted by Gasteiger charge is 2.28. The first-order valence-corrected chi connectivity index (χ1v) is 7.10. The summed E-state index contributed by atoms with van der Waals surface area (Å²) in [5.41, 5.74) is 0. The Morgan fingerprint density at radius 3 is 3.12 bits per heavy atom. The fourth-order valence-electron chi connectivity index (χ4n) is 2.52. The molecule has 0 radical (unpaired) electrons. The van der Waals surface area contributed by atoms with E-state index in [1.165, 1.54) is 11.4 Å². The van der Waals surface area contributed by atoms with Gasteiger partial charge in [-0.25, -0.2) is 4.98 Å². The number of nitrogens with one attached hydrogen (secondary N) is 1. The van der Waals surface area contributed by atoms with E-state index < -0.39 is 0 Å². The van der Waals surface area contributed by atoms with Gasteiger partial charge in [-0.15, -0.1) is 11.3 Å². The highest BCUT2D eigenvalue weighted by Crippen LogP contribution is 2.28. The van der Waals surface area contributed by atoms with E-state index in [0.717, 1.165) is 26.1 Å². The van der Waals surface area contributed by atoms with Crippen LogP contribution in [0.3, 0.4) is 0 Å². The highest BCUT2D eigenvalue weighted by atomic mass is 32.1. The second kappa shape index (κ2) is 5.75. The van der Waals surface area contributed by atoms with Gasteiger partial charge in [0, 0.05) is 37.3 Å². The number of hydrogen-bond donors (Lipinski definition) is 1. The SMILES string of the molecule is CCC1CNCCN1C(CC)c1nccs1. The van der Waals surface area contributed by atoms with Crippen molar-refractivity contribution in [3.8, 4) is 0 Å². The third kappa shape index (κ3) is 2.44. The van der Waals surface area contributed by atoms with Crippen molar-refractivity contribution in [3.63, 3.8) is 0 Å². The Morgan fingerprint density at radius 2 is 2.50 bits per heavy atom. The monoisotopic (exact) mass is 239 g/mol. The number of nitrogens with zero attached hydrogens (tertiary/aromatic N) is 2. The van der Waals surface area contributed by atoms with E-state index in [1.807, 2.05) is 6.20 Å². The van der Waals surface area contributed by atoms with Gasteiger partial charge in [-0.3, -0.25) is 4.90 Å². The van der Waals surface area contributed by atoms with Crippen LogP contribution < -0.4 is 5.32 Å². The van der Waals surface area contributed by atoms with Crippen molar-refractivity contribution in [2.75, 3.05) is 19.6 Å². The maximum Gasteiger partial charge on any atom is 0.110 e. The standard InChI is InChI=1S/C12H21N3S/c1-3-10-9-13-5-7-15(10)11(4-2)12-14-6-8-16-12/h6,8,10-11,13H,3-5,7,9H2,1-2H3. The van der Waals surface area contributed by atoms with Crippen LogP contribution >= 0.6 is 11.3 Å². The second-order valence-electron chi connectivity index (χ2n) is 4.30. The smallest absolute Gasteiger partial charge is 0.110 e. The van der Waals surface area contributed by atoms with Crippen LogP contribution in [-0.2, 0) is 0 Å². The van der Waals surface area contributed by atoms with Crippen LogP contribution in [0.25, 0.3) is 0 Å². The Balaban J connectivity index is 2.13. The molecule has 90 valence electrons. The fraction of sp³-hybridized carbons (Fsp3) is 0.750. The molecule has 1 aliphatic heterocycles. The Bertz CT molecular complexity index is 299. The lowest BCUT2D eigenvalue weighted by molar-refractivity contribution is 0.0995. The minimum atomic E-state index is 0.520. The predicted molar refractivity (Wildman–Crippen MR) is 68.8 cm³/mol. The second-order valence-corrected chi connectivity index (χ2v) is 5.22. The molecule has 0 aliphatic carbocycles. The quantitative estimate of drug-likeness (QED) is 0.873. The maximum absolute atomic E-state index is 4.49. The zero-order chi connectivity index (χ0) is 11.4. The molecule has 2 unspecified atom stereocenters. The summed E-state index contributed by atoms with van der Waals surface area (Å²) in [5.74, 6) is 0. The Kier molecular flexibility index (Phi) is 4.32. The van der Waals surface area contributed by atoms with Gasteiger partial charge in [-0.2, -0.15) is 0 Å². The van der Waals surface area contributed by atoms with Gasteiger partial charge < -0.3 is 5.32 Å². The first-order valence-electron chi connectivity index (χ1n) is 6.22. The van der Waals surface area contributed by atoms with Gasteiger partial charge >= 0.3 is 0 Å². The summed E-state index contributed by atoms with van der Waals surface area (Å²) in [5, 5.41) is 6.85. The fourth-order valence-corrected chi connectivity index (χ4v) is 3.36. The van der Waals surface area contributed by atoms with Crippen molar-refractivity contribution < 1.29 is 0 Å². The first kappa shape index (κ1) is 12.0. The van der Waals surface area contributed by atoms with E-state index in [4.69, 9.17) is 0 Å². The topological polar surface area (TPSA) is 28.2 Å². The number of aromatic nitrogens is 1. The molecule has 0 bridgehead atoms. The predicted octanol–water partition coefficient (Wildman–Crippen LogP) is 2.28. The molecule has 0 spiro atoms. The molecule has 0 amide bonds. The van der Waals surface area contributed by atoms with Gasteiger partial charge in [0.25, 0.3) is 0 Å². The molecule has 1 fully saturated rings. The average Bonchev–Trinajstić information content (AvgIpc) is 2.84. The lowest BCUT2D eigenvalue weighted by Crippen LogP contribution is -2.52. The minimum absolute atomic E-state index is 0.520. The van der Waals surface area contributed by atoms with Gasteiger partial charge in [0.15, 0.2) is 0 Å². The van der Waals surface area contributed by atoms with E-state index in [0.29, 0.717) is 12.1 Å². The van der Waals surface area contributed by atoms with Crippen LogP contribution in [0.1, 0.15) is 37.7 Å². The number of piperazine rings is 1. The summed E-state index contributed by atoms with van der Waals surface area (Å²) in [6.45, 7) is 7.92. The van der Waals surface area contributed by atoms with Crippen LogP contribution in [0.15, 0.2) is 11.6 Å². The summed E-state index contributed by atoms with van der Waals surface area (Å²) in [4.78, 5) is 7.12. The molecule has 1 aromatic heterocycles. The first-order chi connectivity index (χ1) is 7.86. The molecule has 0 aromatic carbocycles. The van der Waals surface area contributed by atoms with Crippen molar-refractivity contribution >= 4 is 11.3 Å². The van der Waals surface area contributed by atoms with Crippen LogP contribution in [0.2, 0.25) is 0 Å². The number of hydrogen-bond acceptors (Lipinski definition) is 4. The summed E-state index contributed by atoms with van der Waals surface area (Å²) in [6.07, 6.45) is 4.30. The van der Waals surface area contributed by atoms with E-state index in [-0.39, 0.29) is 0 Å². The zero-order valence-corrected chi connectivity index (χ0v) is 11.0. The minimum Gasteiger partial charge on any atom is -0.314 e. The van der Waals surface area contributed by atoms with Crippen LogP contribution in [-0.4, -0.2) is 35.6 Å². The molecule has 1 aromatic rings. The van der Waals surface area contributed by atoms with E-state index in [9.17, 15) is 0 Å². The molecule has 1 aliphatic rings. The molecule has 2 atom stereocenters. The van der Waals surface area contributed by atoms with Crippen molar-refractivity contribution in [1.29, 1.82) is 0 Å². The van der Waals surface area contributed by atoms with Gasteiger partial charge in [0.1, 0.15) is 5.01 Å². The van der Waals surface area contributed by atoms with Crippen LogP contribution in [0.5, 0.6) is 0 Å². The van der Waals surface area contributed by atoms with Gasteiger partial charge in [0.05, 0.1) is 6.04 Å². The van der Waals surface area contributed by atoms with Crippen molar-refractivity contribution in [2.24, 2.45) is 0 Å². The average molecular weight is 239 g/mol. The molecule has 2 heterocycles. The summed E-state index contributed by atoms with van der Waals surface area (Å²) >= 11 is 1.79. The molecule has 1 saturated heterocycles. The molecule has 1 N–H and O–H groups in total. The largest absolute Gasteiger partial charge is 0.314 e. The Morgan fingerprint density at radius 1 is 1.62 bits per heavy atom. The zero-order valence-electron chi connectivity index (χ0n) is 10.1. The number of thiazole rings is 1. The van der Waals surface area contributed by atoms with Gasteiger partial charge in [0.2, 0.25) is 0 Å². The third-order valence-corrected chi connectivity index (χ3v) is 4.27. The lowest BCUT2D eigenvalue weighted by atomic mass is 10.1. The molecular weight excluding hydrogens is 218 g/mol. The summed E-state index contributed by atoms with van der Waals surface area (Å²) in [6, 6.07) is 1.19. The van der Waals surface area contributed by atoms with E-state index in [1.54, 1.807) is 11.3 Å². The Hall–Kier alpha value is -0.450. The normalized spacial score (nSPS) is 24.5. The maximum atomic E-state index is 4.49. The molecule has 0 saturated carbocycles. The molecule has 3 nitrogen and oxygen atoms in total.